The predicted molar refractivity (Wildman–Crippen MR) is 73.1 cm³/mol. The first-order valence-electron chi connectivity index (χ1n) is 7.83. The third kappa shape index (κ3) is 3.30. The van der Waals surface area contributed by atoms with Gasteiger partial charge in [-0.25, -0.2) is 0 Å². The molecule has 0 aromatic carbocycles. The number of hydrogen-bond donors (Lipinski definition) is 0. The molecule has 1 spiro atoms. The summed E-state index contributed by atoms with van der Waals surface area (Å²) in [7, 11) is 2.29. The molecular weight excluding hydrogens is 242 g/mol. The Balaban J connectivity index is 1.44. The van der Waals surface area contributed by atoms with Gasteiger partial charge in [0.15, 0.2) is 5.79 Å². The van der Waals surface area contributed by atoms with E-state index in [-0.39, 0.29) is 5.79 Å². The van der Waals surface area contributed by atoms with Crippen LogP contribution in [0.4, 0.5) is 0 Å². The number of rotatable bonds is 3. The lowest BCUT2D eigenvalue weighted by atomic mass is 9.88. The normalized spacial score (nSPS) is 29.4. The molecule has 0 N–H and O–H groups in total. The van der Waals surface area contributed by atoms with Crippen LogP contribution in [0.15, 0.2) is 0 Å². The van der Waals surface area contributed by atoms with Crippen molar-refractivity contribution in [2.45, 2.75) is 50.4 Å². The summed E-state index contributed by atoms with van der Waals surface area (Å²) >= 11 is 0. The number of ether oxygens (including phenoxy) is 3. The molecule has 19 heavy (non-hydrogen) atoms. The fourth-order valence-electron chi connectivity index (χ4n) is 3.75. The lowest BCUT2D eigenvalue weighted by Crippen LogP contribution is -2.44. The van der Waals surface area contributed by atoms with E-state index >= 15 is 0 Å². The fraction of sp³-hybridized carbons (Fsp3) is 1.00. The Morgan fingerprint density at radius 2 is 1.58 bits per heavy atom. The maximum atomic E-state index is 5.80. The van der Waals surface area contributed by atoms with Gasteiger partial charge in [0.1, 0.15) is 0 Å². The van der Waals surface area contributed by atoms with Crippen LogP contribution < -0.4 is 0 Å². The Bertz CT molecular complexity index is 275. The molecule has 0 amide bonds. The zero-order valence-corrected chi connectivity index (χ0v) is 12.1. The van der Waals surface area contributed by atoms with E-state index in [4.69, 9.17) is 14.2 Å². The average Bonchev–Trinajstić information content (AvgIpc) is 2.89. The van der Waals surface area contributed by atoms with Gasteiger partial charge in [-0.1, -0.05) is 0 Å². The summed E-state index contributed by atoms with van der Waals surface area (Å²) in [6, 6.07) is 0.710. The molecule has 0 radical (unpaired) electrons. The van der Waals surface area contributed by atoms with Crippen molar-refractivity contribution < 1.29 is 14.2 Å². The molecule has 110 valence electrons. The Kier molecular flexibility index (Phi) is 4.42. The molecule has 0 unspecified atom stereocenters. The Labute approximate surface area is 116 Å². The van der Waals surface area contributed by atoms with Crippen molar-refractivity contribution >= 4 is 0 Å². The molecule has 3 fully saturated rings. The van der Waals surface area contributed by atoms with Crippen LogP contribution in [0.25, 0.3) is 0 Å². The van der Waals surface area contributed by atoms with Crippen molar-refractivity contribution in [3.8, 4) is 0 Å². The van der Waals surface area contributed by atoms with Crippen LogP contribution in [-0.2, 0) is 14.2 Å². The average molecular weight is 269 g/mol. The van der Waals surface area contributed by atoms with E-state index in [1.807, 2.05) is 0 Å². The molecule has 2 saturated heterocycles. The minimum Gasteiger partial charge on any atom is -0.381 e. The SMILES string of the molecule is CN(CC1CCOCC1)C1CCC2(CC1)OCCO2. The molecule has 3 rings (SSSR count). The summed E-state index contributed by atoms with van der Waals surface area (Å²) in [6.07, 6.45) is 7.01. The minimum absolute atomic E-state index is 0.212. The third-order valence-electron chi connectivity index (χ3n) is 5.04. The van der Waals surface area contributed by atoms with Gasteiger partial charge in [-0.2, -0.15) is 0 Å². The third-order valence-corrected chi connectivity index (χ3v) is 5.04. The van der Waals surface area contributed by atoms with Gasteiger partial charge in [0.25, 0.3) is 0 Å². The highest BCUT2D eigenvalue weighted by atomic mass is 16.7. The summed E-state index contributed by atoms with van der Waals surface area (Å²) < 4.78 is 17.0. The maximum Gasteiger partial charge on any atom is 0.168 e. The van der Waals surface area contributed by atoms with E-state index in [1.165, 1.54) is 32.2 Å². The molecule has 0 bridgehead atoms. The van der Waals surface area contributed by atoms with Crippen molar-refractivity contribution in [1.82, 2.24) is 4.90 Å². The van der Waals surface area contributed by atoms with Crippen molar-refractivity contribution in [2.75, 3.05) is 40.0 Å². The minimum atomic E-state index is -0.212. The van der Waals surface area contributed by atoms with Crippen LogP contribution in [0, 0.1) is 5.92 Å². The summed E-state index contributed by atoms with van der Waals surface area (Å²) in [6.45, 7) is 4.69. The second kappa shape index (κ2) is 6.08. The summed E-state index contributed by atoms with van der Waals surface area (Å²) in [4.78, 5) is 2.57. The van der Waals surface area contributed by atoms with Crippen molar-refractivity contribution in [1.29, 1.82) is 0 Å². The second-order valence-electron chi connectivity index (χ2n) is 6.33. The topological polar surface area (TPSA) is 30.9 Å². The van der Waals surface area contributed by atoms with Gasteiger partial charge in [-0.3, -0.25) is 0 Å². The van der Waals surface area contributed by atoms with Crippen LogP contribution in [0.1, 0.15) is 38.5 Å². The van der Waals surface area contributed by atoms with Crippen LogP contribution in [0.5, 0.6) is 0 Å². The van der Waals surface area contributed by atoms with Gasteiger partial charge in [0.2, 0.25) is 0 Å². The first-order chi connectivity index (χ1) is 9.27. The molecule has 0 aromatic heterocycles. The molecule has 1 aliphatic carbocycles. The molecule has 4 heteroatoms. The quantitative estimate of drug-likeness (QED) is 0.784. The zero-order valence-electron chi connectivity index (χ0n) is 12.1. The molecule has 2 aliphatic heterocycles. The summed E-state index contributed by atoms with van der Waals surface area (Å²) in [5.41, 5.74) is 0. The summed E-state index contributed by atoms with van der Waals surface area (Å²) in [5, 5.41) is 0. The van der Waals surface area contributed by atoms with Crippen molar-refractivity contribution in [3.05, 3.63) is 0 Å². The highest BCUT2D eigenvalue weighted by Crippen LogP contribution is 2.37. The molecule has 0 aromatic rings. The van der Waals surface area contributed by atoms with E-state index in [2.05, 4.69) is 11.9 Å². The van der Waals surface area contributed by atoms with Gasteiger partial charge in [-0.05, 0) is 38.6 Å². The van der Waals surface area contributed by atoms with Gasteiger partial charge in [0, 0.05) is 38.6 Å². The van der Waals surface area contributed by atoms with Gasteiger partial charge in [-0.15, -0.1) is 0 Å². The largest absolute Gasteiger partial charge is 0.381 e. The monoisotopic (exact) mass is 269 g/mol. The molecule has 4 nitrogen and oxygen atoms in total. The van der Waals surface area contributed by atoms with Crippen molar-refractivity contribution in [2.24, 2.45) is 5.92 Å². The maximum absolute atomic E-state index is 5.80. The van der Waals surface area contributed by atoms with Gasteiger partial charge >= 0.3 is 0 Å². The van der Waals surface area contributed by atoms with E-state index < -0.39 is 0 Å². The van der Waals surface area contributed by atoms with E-state index in [1.54, 1.807) is 0 Å². The fourth-order valence-corrected chi connectivity index (χ4v) is 3.75. The summed E-state index contributed by atoms with van der Waals surface area (Å²) in [5.74, 6) is 0.615. The number of nitrogens with zero attached hydrogens (tertiary/aromatic N) is 1. The van der Waals surface area contributed by atoms with Gasteiger partial charge in [0.05, 0.1) is 13.2 Å². The molecular formula is C15H27NO3. The van der Waals surface area contributed by atoms with Crippen molar-refractivity contribution in [3.63, 3.8) is 0 Å². The highest BCUT2D eigenvalue weighted by molar-refractivity contribution is 4.86. The molecule has 3 aliphatic rings. The first kappa shape index (κ1) is 13.8. The first-order valence-corrected chi connectivity index (χ1v) is 7.83. The zero-order chi connectivity index (χ0) is 13.1. The smallest absolute Gasteiger partial charge is 0.168 e. The molecule has 1 saturated carbocycles. The second-order valence-corrected chi connectivity index (χ2v) is 6.33. The number of hydrogen-bond acceptors (Lipinski definition) is 4. The Morgan fingerprint density at radius 3 is 2.21 bits per heavy atom. The lowest BCUT2D eigenvalue weighted by Gasteiger charge is -2.40. The lowest BCUT2D eigenvalue weighted by molar-refractivity contribution is -0.183. The highest BCUT2D eigenvalue weighted by Gasteiger charge is 2.41. The molecule has 2 heterocycles. The Hall–Kier alpha value is -0.160. The molecule has 0 atom stereocenters. The van der Waals surface area contributed by atoms with E-state index in [9.17, 15) is 0 Å². The van der Waals surface area contributed by atoms with Crippen LogP contribution >= 0.6 is 0 Å². The van der Waals surface area contributed by atoms with Crippen LogP contribution in [0.3, 0.4) is 0 Å². The van der Waals surface area contributed by atoms with E-state index in [0.717, 1.165) is 45.2 Å². The predicted octanol–water partition coefficient (Wildman–Crippen LogP) is 2.03. The Morgan fingerprint density at radius 1 is 0.947 bits per heavy atom. The van der Waals surface area contributed by atoms with Crippen LogP contribution in [0.2, 0.25) is 0 Å². The van der Waals surface area contributed by atoms with Crippen LogP contribution in [-0.4, -0.2) is 56.7 Å². The van der Waals surface area contributed by atoms with Gasteiger partial charge < -0.3 is 19.1 Å². The standard InChI is InChI=1S/C15H27NO3/c1-16(12-13-4-8-17-9-5-13)14-2-6-15(7-3-14)18-10-11-19-15/h13-14H,2-12H2,1H3. The van der Waals surface area contributed by atoms with E-state index in [0.29, 0.717) is 6.04 Å².